The molecular weight excluding hydrogens is 450 g/mol. The second-order valence-electron chi connectivity index (χ2n) is 6.97. The highest BCUT2D eigenvalue weighted by Crippen LogP contribution is 2.40. The number of benzene rings is 2. The molecule has 2 aliphatic heterocycles. The van der Waals surface area contributed by atoms with Crippen molar-refractivity contribution in [3.05, 3.63) is 57.1 Å². The third kappa shape index (κ3) is 4.28. The van der Waals surface area contributed by atoms with Gasteiger partial charge in [-0.05, 0) is 36.2 Å². The van der Waals surface area contributed by atoms with Crippen LogP contribution in [0.1, 0.15) is 18.0 Å². The Labute approximate surface area is 183 Å². The summed E-state index contributed by atoms with van der Waals surface area (Å²) in [4.78, 5) is 11.7. The van der Waals surface area contributed by atoms with Crippen LogP contribution in [0.2, 0.25) is 5.02 Å². The monoisotopic (exact) mass is 469 g/mol. The summed E-state index contributed by atoms with van der Waals surface area (Å²) in [5.41, 5.74) is 1.07. The molecule has 1 fully saturated rings. The Bertz CT molecular complexity index is 1070. The van der Waals surface area contributed by atoms with Crippen molar-refractivity contribution in [3.8, 4) is 0 Å². The van der Waals surface area contributed by atoms with Gasteiger partial charge in [0.15, 0.2) is 0 Å². The van der Waals surface area contributed by atoms with Gasteiger partial charge in [-0.1, -0.05) is 11.6 Å². The van der Waals surface area contributed by atoms with Crippen LogP contribution in [0.3, 0.4) is 0 Å². The molecule has 2 aromatic carbocycles. The maximum absolute atomic E-state index is 13.3. The van der Waals surface area contributed by atoms with Gasteiger partial charge in [0.2, 0.25) is 10.0 Å². The van der Waals surface area contributed by atoms with Gasteiger partial charge in [-0.25, -0.2) is 8.42 Å². The van der Waals surface area contributed by atoms with E-state index in [1.165, 1.54) is 16.4 Å². The summed E-state index contributed by atoms with van der Waals surface area (Å²) in [6.45, 7) is 1.01. The summed E-state index contributed by atoms with van der Waals surface area (Å²) in [6.07, 6.45) is 0.770. The van der Waals surface area contributed by atoms with Gasteiger partial charge in [0.05, 0.1) is 29.9 Å². The predicted molar refractivity (Wildman–Crippen MR) is 116 cm³/mol. The Balaban J connectivity index is 1.74. The van der Waals surface area contributed by atoms with Gasteiger partial charge in [0.25, 0.3) is 5.69 Å². The number of thioether (sulfide) groups is 1. The largest absolute Gasteiger partial charge is 0.379 e. The first-order chi connectivity index (χ1) is 14.4. The molecular formula is C19H20ClN3O5S2. The van der Waals surface area contributed by atoms with Crippen LogP contribution in [0.5, 0.6) is 0 Å². The van der Waals surface area contributed by atoms with Crippen LogP contribution < -0.4 is 5.32 Å². The standard InChI is InChI=1S/C19H20ClN3O5S2/c20-13-1-4-18-15(11-13)16(5-10-29-18)21-17-3-2-14(23(24)25)12-19(17)30(26,27)22-6-8-28-9-7-22/h1-4,11-12,16,21H,5-10H2. The number of non-ortho nitro benzene ring substituents is 1. The number of hydrogen-bond donors (Lipinski definition) is 1. The summed E-state index contributed by atoms with van der Waals surface area (Å²) < 4.78 is 33.2. The lowest BCUT2D eigenvalue weighted by Gasteiger charge is -2.30. The Morgan fingerprint density at radius 2 is 1.97 bits per heavy atom. The van der Waals surface area contributed by atoms with Crippen molar-refractivity contribution >= 4 is 44.8 Å². The lowest BCUT2D eigenvalue weighted by atomic mass is 10.0. The Kier molecular flexibility index (Phi) is 6.21. The smallest absolute Gasteiger partial charge is 0.270 e. The maximum Gasteiger partial charge on any atom is 0.270 e. The molecule has 1 saturated heterocycles. The van der Waals surface area contributed by atoms with Crippen LogP contribution in [-0.2, 0) is 14.8 Å². The van der Waals surface area contributed by atoms with Gasteiger partial charge in [-0.3, -0.25) is 10.1 Å². The summed E-state index contributed by atoms with van der Waals surface area (Å²) in [5, 5.41) is 15.2. The van der Waals surface area contributed by atoms with Crippen molar-refractivity contribution in [2.75, 3.05) is 37.4 Å². The number of ether oxygens (including phenoxy) is 1. The number of nitrogens with one attached hydrogen (secondary N) is 1. The van der Waals surface area contributed by atoms with E-state index in [0.29, 0.717) is 23.9 Å². The molecule has 0 saturated carbocycles. The molecule has 0 aromatic heterocycles. The van der Waals surface area contributed by atoms with E-state index in [2.05, 4.69) is 5.32 Å². The van der Waals surface area contributed by atoms with Crippen molar-refractivity contribution in [3.63, 3.8) is 0 Å². The summed E-state index contributed by atoms with van der Waals surface area (Å²) in [7, 11) is -3.93. The molecule has 1 unspecified atom stereocenters. The zero-order chi connectivity index (χ0) is 21.3. The highest BCUT2D eigenvalue weighted by atomic mass is 35.5. The molecule has 1 N–H and O–H groups in total. The molecule has 0 spiro atoms. The number of nitrogens with zero attached hydrogens (tertiary/aromatic N) is 2. The molecule has 160 valence electrons. The summed E-state index contributed by atoms with van der Waals surface area (Å²) >= 11 is 7.90. The first-order valence-electron chi connectivity index (χ1n) is 9.41. The number of nitro benzene ring substituents is 1. The van der Waals surface area contributed by atoms with E-state index in [9.17, 15) is 18.5 Å². The summed E-state index contributed by atoms with van der Waals surface area (Å²) in [5.74, 6) is 0.866. The molecule has 2 aromatic rings. The Morgan fingerprint density at radius 3 is 2.70 bits per heavy atom. The average Bonchev–Trinajstić information content (AvgIpc) is 2.75. The predicted octanol–water partition coefficient (Wildman–Crippen LogP) is 3.92. The average molecular weight is 470 g/mol. The molecule has 0 amide bonds. The topological polar surface area (TPSA) is 102 Å². The van der Waals surface area contributed by atoms with E-state index in [1.807, 2.05) is 18.2 Å². The Morgan fingerprint density at radius 1 is 1.20 bits per heavy atom. The van der Waals surface area contributed by atoms with Crippen molar-refractivity contribution in [1.82, 2.24) is 4.31 Å². The van der Waals surface area contributed by atoms with Crippen molar-refractivity contribution < 1.29 is 18.1 Å². The molecule has 8 nitrogen and oxygen atoms in total. The minimum Gasteiger partial charge on any atom is -0.379 e. The number of halogens is 1. The van der Waals surface area contributed by atoms with Gasteiger partial charge in [-0.15, -0.1) is 11.8 Å². The molecule has 30 heavy (non-hydrogen) atoms. The molecule has 11 heteroatoms. The van der Waals surface area contributed by atoms with Gasteiger partial charge in [-0.2, -0.15) is 4.31 Å². The molecule has 0 aliphatic carbocycles. The van der Waals surface area contributed by atoms with Crippen LogP contribution >= 0.6 is 23.4 Å². The van der Waals surface area contributed by atoms with E-state index in [-0.39, 0.29) is 29.7 Å². The highest BCUT2D eigenvalue weighted by molar-refractivity contribution is 7.99. The first kappa shape index (κ1) is 21.4. The minimum atomic E-state index is -3.93. The lowest BCUT2D eigenvalue weighted by molar-refractivity contribution is -0.385. The van der Waals surface area contributed by atoms with E-state index >= 15 is 0 Å². The van der Waals surface area contributed by atoms with Crippen LogP contribution in [-0.4, -0.2) is 49.7 Å². The highest BCUT2D eigenvalue weighted by Gasteiger charge is 2.31. The zero-order valence-electron chi connectivity index (χ0n) is 15.9. The fourth-order valence-corrected chi connectivity index (χ4v) is 6.45. The van der Waals surface area contributed by atoms with E-state index in [0.717, 1.165) is 28.7 Å². The van der Waals surface area contributed by atoms with Gasteiger partial charge in [0.1, 0.15) is 4.90 Å². The fourth-order valence-electron chi connectivity index (χ4n) is 3.59. The third-order valence-corrected chi connectivity index (χ3v) is 8.40. The fraction of sp³-hybridized carbons (Fsp3) is 0.368. The molecule has 4 rings (SSSR count). The lowest BCUT2D eigenvalue weighted by Crippen LogP contribution is -2.40. The number of anilines is 1. The van der Waals surface area contributed by atoms with Gasteiger partial charge >= 0.3 is 0 Å². The second-order valence-corrected chi connectivity index (χ2v) is 10.4. The third-order valence-electron chi connectivity index (χ3n) is 5.10. The van der Waals surface area contributed by atoms with E-state index in [4.69, 9.17) is 16.3 Å². The molecule has 0 radical (unpaired) electrons. The van der Waals surface area contributed by atoms with Gasteiger partial charge in [0, 0.05) is 40.9 Å². The van der Waals surface area contributed by atoms with Crippen molar-refractivity contribution in [2.24, 2.45) is 0 Å². The van der Waals surface area contributed by atoms with Crippen LogP contribution in [0.25, 0.3) is 0 Å². The first-order valence-corrected chi connectivity index (χ1v) is 12.2. The quantitative estimate of drug-likeness (QED) is 0.523. The van der Waals surface area contributed by atoms with Gasteiger partial charge < -0.3 is 10.1 Å². The molecule has 1 atom stereocenters. The number of rotatable bonds is 5. The zero-order valence-corrected chi connectivity index (χ0v) is 18.3. The van der Waals surface area contributed by atoms with Crippen molar-refractivity contribution in [2.45, 2.75) is 22.3 Å². The number of morpholine rings is 1. The second kappa shape index (κ2) is 8.72. The molecule has 0 bridgehead atoms. The molecule has 2 heterocycles. The van der Waals surface area contributed by atoms with Crippen LogP contribution in [0, 0.1) is 10.1 Å². The summed E-state index contributed by atoms with van der Waals surface area (Å²) in [6, 6.07) is 9.42. The van der Waals surface area contributed by atoms with Crippen LogP contribution in [0.15, 0.2) is 46.2 Å². The number of fused-ring (bicyclic) bond motifs is 1. The van der Waals surface area contributed by atoms with Crippen LogP contribution in [0.4, 0.5) is 11.4 Å². The van der Waals surface area contributed by atoms with Crippen molar-refractivity contribution in [1.29, 1.82) is 0 Å². The Hall–Kier alpha value is -1.85. The SMILES string of the molecule is O=[N+]([O-])c1ccc(NC2CCSc3ccc(Cl)cc32)c(S(=O)(=O)N2CCOCC2)c1. The number of hydrogen-bond acceptors (Lipinski definition) is 7. The normalized spacial score (nSPS) is 19.8. The molecule has 2 aliphatic rings. The van der Waals surface area contributed by atoms with E-state index < -0.39 is 14.9 Å². The minimum absolute atomic E-state index is 0.0968. The number of nitro groups is 1. The number of sulfonamides is 1. The van der Waals surface area contributed by atoms with E-state index in [1.54, 1.807) is 11.8 Å². The maximum atomic E-state index is 13.3.